The minimum absolute atomic E-state index is 0.0299. The number of aromatic nitrogens is 2. The molecule has 0 fully saturated rings. The Morgan fingerprint density at radius 2 is 2.13 bits per heavy atom. The molecular formula is C14H13F3N4O2. The fraction of sp³-hybridized carbons (Fsp3) is 0.357. The summed E-state index contributed by atoms with van der Waals surface area (Å²) in [5, 5.41) is 0. The van der Waals surface area contributed by atoms with Gasteiger partial charge in [0.05, 0.1) is 29.7 Å². The predicted molar refractivity (Wildman–Crippen MR) is 74.1 cm³/mol. The van der Waals surface area contributed by atoms with Gasteiger partial charge in [-0.1, -0.05) is 0 Å². The third-order valence-corrected chi connectivity index (χ3v) is 3.83. The van der Waals surface area contributed by atoms with Crippen LogP contribution in [0.25, 0.3) is 11.0 Å². The zero-order chi connectivity index (χ0) is 16.9. The first-order valence-corrected chi connectivity index (χ1v) is 6.83. The molecule has 1 aliphatic heterocycles. The first-order valence-electron chi connectivity index (χ1n) is 6.83. The highest BCUT2D eigenvalue weighted by molar-refractivity contribution is 5.89. The van der Waals surface area contributed by atoms with E-state index in [1.807, 2.05) is 0 Å². The third kappa shape index (κ3) is 2.51. The molecule has 3 rings (SSSR count). The number of hydrogen-bond donors (Lipinski definition) is 1. The molecule has 2 amide bonds. The number of hydrogen-bond acceptors (Lipinski definition) is 3. The molecule has 9 heteroatoms. The van der Waals surface area contributed by atoms with Crippen LogP contribution >= 0.6 is 0 Å². The molecule has 0 radical (unpaired) electrons. The maximum atomic E-state index is 12.8. The lowest BCUT2D eigenvalue weighted by Crippen LogP contribution is -2.45. The van der Waals surface area contributed by atoms with Crippen molar-refractivity contribution in [1.82, 2.24) is 14.5 Å². The van der Waals surface area contributed by atoms with Crippen molar-refractivity contribution in [2.24, 2.45) is 5.73 Å². The van der Waals surface area contributed by atoms with Gasteiger partial charge in [-0.2, -0.15) is 13.2 Å². The third-order valence-electron chi connectivity index (χ3n) is 3.83. The van der Waals surface area contributed by atoms with Crippen molar-refractivity contribution in [1.29, 1.82) is 0 Å². The zero-order valence-electron chi connectivity index (χ0n) is 12.1. The topological polar surface area (TPSA) is 81.2 Å². The second kappa shape index (κ2) is 4.97. The van der Waals surface area contributed by atoms with E-state index in [-0.39, 0.29) is 24.5 Å². The Kier molecular flexibility index (Phi) is 3.31. The van der Waals surface area contributed by atoms with Crippen LogP contribution in [0.5, 0.6) is 0 Å². The number of benzene rings is 1. The monoisotopic (exact) mass is 326 g/mol. The van der Waals surface area contributed by atoms with Gasteiger partial charge in [0.25, 0.3) is 0 Å². The number of carbonyl (C=O) groups is 2. The van der Waals surface area contributed by atoms with Crippen LogP contribution < -0.4 is 5.73 Å². The molecule has 0 unspecified atom stereocenters. The molecule has 1 aromatic heterocycles. The number of alkyl halides is 3. The number of nitrogens with two attached hydrogens (primary N) is 1. The van der Waals surface area contributed by atoms with Gasteiger partial charge in [-0.3, -0.25) is 9.59 Å². The average Bonchev–Trinajstić information content (AvgIpc) is 2.80. The van der Waals surface area contributed by atoms with E-state index in [9.17, 15) is 22.8 Å². The molecule has 0 saturated heterocycles. The second-order valence-electron chi connectivity index (χ2n) is 5.44. The number of nitrogens with zero attached hydrogens (tertiary/aromatic N) is 3. The number of carbonyl (C=O) groups excluding carboxylic acids is 2. The van der Waals surface area contributed by atoms with Crippen LogP contribution in [0.4, 0.5) is 13.2 Å². The van der Waals surface area contributed by atoms with Crippen molar-refractivity contribution in [3.05, 3.63) is 29.6 Å². The first-order chi connectivity index (χ1) is 10.7. The lowest BCUT2D eigenvalue weighted by atomic mass is 10.1. The van der Waals surface area contributed by atoms with Crippen LogP contribution in [0.1, 0.15) is 24.4 Å². The Morgan fingerprint density at radius 1 is 1.43 bits per heavy atom. The molecule has 1 aromatic carbocycles. The number of halogens is 3. The van der Waals surface area contributed by atoms with E-state index in [4.69, 9.17) is 5.73 Å². The Hall–Kier alpha value is -2.58. The highest BCUT2D eigenvalue weighted by atomic mass is 19.4. The van der Waals surface area contributed by atoms with Crippen molar-refractivity contribution >= 4 is 22.8 Å². The molecule has 1 aliphatic rings. The minimum atomic E-state index is -4.46. The second-order valence-corrected chi connectivity index (χ2v) is 5.44. The molecule has 0 saturated carbocycles. The summed E-state index contributed by atoms with van der Waals surface area (Å²) in [6.45, 7) is 1.39. The largest absolute Gasteiger partial charge is 0.416 e. The number of amides is 2. The summed E-state index contributed by atoms with van der Waals surface area (Å²) in [7, 11) is 0. The Balaban J connectivity index is 2.09. The molecule has 0 aliphatic carbocycles. The average molecular weight is 326 g/mol. The van der Waals surface area contributed by atoms with E-state index in [2.05, 4.69) is 4.98 Å². The van der Waals surface area contributed by atoms with Crippen LogP contribution in [0, 0.1) is 0 Å². The standard InChI is InChI=1S/C14H13F3N4O2/c1-7-13(23)20(5-11(18)22)6-12-19-9-4-8(14(15,16)17)2-3-10(9)21(7)12/h2-4,7H,5-6H2,1H3,(H2,18,22)/t7-/m0/s1. The van der Waals surface area contributed by atoms with Gasteiger partial charge in [0.2, 0.25) is 11.8 Å². The van der Waals surface area contributed by atoms with Crippen LogP contribution in [0.2, 0.25) is 0 Å². The summed E-state index contributed by atoms with van der Waals surface area (Å²) in [6, 6.07) is 2.56. The maximum Gasteiger partial charge on any atom is 0.416 e. The lowest BCUT2D eigenvalue weighted by Gasteiger charge is -2.31. The Labute approximate surface area is 128 Å². The van der Waals surface area contributed by atoms with Crippen LogP contribution in [0.15, 0.2) is 18.2 Å². The van der Waals surface area contributed by atoms with Crippen molar-refractivity contribution in [3.8, 4) is 0 Å². The molecule has 2 aromatic rings. The zero-order valence-corrected chi connectivity index (χ0v) is 12.1. The van der Waals surface area contributed by atoms with E-state index in [1.165, 1.54) is 11.0 Å². The van der Waals surface area contributed by atoms with Crippen LogP contribution in [-0.2, 0) is 22.3 Å². The molecule has 23 heavy (non-hydrogen) atoms. The van der Waals surface area contributed by atoms with Crippen molar-refractivity contribution in [3.63, 3.8) is 0 Å². The summed E-state index contributed by atoms with van der Waals surface area (Å²) in [6.07, 6.45) is -4.46. The number of primary amides is 1. The molecule has 1 atom stereocenters. The van der Waals surface area contributed by atoms with E-state index in [0.717, 1.165) is 12.1 Å². The highest BCUT2D eigenvalue weighted by Crippen LogP contribution is 2.33. The van der Waals surface area contributed by atoms with Gasteiger partial charge in [-0.05, 0) is 25.1 Å². The summed E-state index contributed by atoms with van der Waals surface area (Å²) in [5.41, 5.74) is 4.92. The molecule has 2 heterocycles. The van der Waals surface area contributed by atoms with Gasteiger partial charge < -0.3 is 15.2 Å². The fourth-order valence-corrected chi connectivity index (χ4v) is 2.81. The van der Waals surface area contributed by atoms with Gasteiger partial charge in [0, 0.05) is 0 Å². The number of rotatable bonds is 2. The number of fused-ring (bicyclic) bond motifs is 3. The summed E-state index contributed by atoms with van der Waals surface area (Å²) >= 11 is 0. The smallest absolute Gasteiger partial charge is 0.368 e. The van der Waals surface area contributed by atoms with E-state index >= 15 is 0 Å². The molecule has 0 spiro atoms. The summed E-state index contributed by atoms with van der Waals surface area (Å²) in [5.74, 6) is -0.558. The van der Waals surface area contributed by atoms with Gasteiger partial charge >= 0.3 is 6.18 Å². The molecular weight excluding hydrogens is 313 g/mol. The van der Waals surface area contributed by atoms with Crippen molar-refractivity contribution < 1.29 is 22.8 Å². The van der Waals surface area contributed by atoms with Crippen LogP contribution in [0.3, 0.4) is 0 Å². The normalized spacial score (nSPS) is 18.3. The summed E-state index contributed by atoms with van der Waals surface area (Å²) in [4.78, 5) is 28.8. The maximum absolute atomic E-state index is 12.8. The molecule has 6 nitrogen and oxygen atoms in total. The highest BCUT2D eigenvalue weighted by Gasteiger charge is 2.35. The van der Waals surface area contributed by atoms with Gasteiger partial charge in [0.15, 0.2) is 0 Å². The van der Waals surface area contributed by atoms with E-state index in [1.54, 1.807) is 11.5 Å². The fourth-order valence-electron chi connectivity index (χ4n) is 2.81. The van der Waals surface area contributed by atoms with Gasteiger partial charge in [0.1, 0.15) is 11.9 Å². The van der Waals surface area contributed by atoms with Gasteiger partial charge in [-0.15, -0.1) is 0 Å². The minimum Gasteiger partial charge on any atom is -0.368 e. The lowest BCUT2D eigenvalue weighted by molar-refractivity contribution is -0.140. The van der Waals surface area contributed by atoms with Crippen LogP contribution in [-0.4, -0.2) is 32.8 Å². The molecule has 122 valence electrons. The van der Waals surface area contributed by atoms with E-state index in [0.29, 0.717) is 11.3 Å². The predicted octanol–water partition coefficient (Wildman–Crippen LogP) is 1.44. The Morgan fingerprint density at radius 3 is 2.74 bits per heavy atom. The van der Waals surface area contributed by atoms with Gasteiger partial charge in [-0.25, -0.2) is 4.98 Å². The Bertz CT molecular complexity index is 812. The molecule has 2 N–H and O–H groups in total. The van der Waals surface area contributed by atoms with Crippen molar-refractivity contribution in [2.75, 3.05) is 6.54 Å². The quantitative estimate of drug-likeness (QED) is 0.907. The first kappa shape index (κ1) is 15.3. The summed E-state index contributed by atoms with van der Waals surface area (Å²) < 4.78 is 40.0. The SMILES string of the molecule is C[C@H]1C(=O)N(CC(N)=O)Cc2nc3cc(C(F)(F)F)ccc3n21. The number of imidazole rings is 1. The molecule has 0 bridgehead atoms. The van der Waals surface area contributed by atoms with Crippen molar-refractivity contribution in [2.45, 2.75) is 25.7 Å². The van der Waals surface area contributed by atoms with E-state index < -0.39 is 23.7 Å².